The van der Waals surface area contributed by atoms with Crippen LogP contribution in [-0.2, 0) is 4.79 Å². The molecule has 0 aliphatic heterocycles. The summed E-state index contributed by atoms with van der Waals surface area (Å²) in [6.07, 6.45) is 11.4. The zero-order valence-electron chi connectivity index (χ0n) is 15.1. The number of rotatable bonds is 11. The number of azo groups is 1. The lowest BCUT2D eigenvalue weighted by Gasteiger charge is -2.01. The van der Waals surface area contributed by atoms with E-state index in [1.807, 2.05) is 0 Å². The van der Waals surface area contributed by atoms with Gasteiger partial charge >= 0.3 is 0 Å². The molecule has 4 N–H and O–H groups in total. The predicted molar refractivity (Wildman–Crippen MR) is 93.6 cm³/mol. The molecule has 0 heterocycles. The lowest BCUT2D eigenvalue weighted by Crippen LogP contribution is -2.13. The first-order valence-electron chi connectivity index (χ1n) is 8.42. The summed E-state index contributed by atoms with van der Waals surface area (Å²) >= 11 is 0. The number of unbranched alkanes of at least 4 members (excludes halogenated alkanes) is 7. The molecule has 1 atom stereocenters. The number of aliphatic hydroxyl groups excluding tert-OH is 1. The highest BCUT2D eigenvalue weighted by Gasteiger charge is 1.98. The van der Waals surface area contributed by atoms with E-state index in [0.29, 0.717) is 0 Å². The van der Waals surface area contributed by atoms with Crippen molar-refractivity contribution in [3.63, 3.8) is 0 Å². The monoisotopic (exact) mass is 318 g/mol. The third-order valence-electron chi connectivity index (χ3n) is 2.74. The Morgan fingerprint density at radius 2 is 1.59 bits per heavy atom. The lowest BCUT2D eigenvalue weighted by molar-refractivity contribution is -0.107. The van der Waals surface area contributed by atoms with E-state index in [-0.39, 0.29) is 0 Å². The first-order chi connectivity index (χ1) is 10.6. The largest absolute Gasteiger partial charge is 0.370 e. The van der Waals surface area contributed by atoms with Gasteiger partial charge < -0.3 is 9.90 Å². The number of hydrazine groups is 1. The number of hydrogen-bond acceptors (Lipinski definition) is 6. The standard InChI is InChI=1S/C8H18N2O.C7H14O.CH6N2/c1-3-4-5-6-7-8(11)10-9-2;1-2-3-4-5-6-7-8;1-3-2/h8,11H,3-7H2,1-2H3;7H,2-6H2,1H3;3H,2H2,1H3/b10-9+;;. The maximum Gasteiger partial charge on any atom is 0.165 e. The van der Waals surface area contributed by atoms with Crippen LogP contribution >= 0.6 is 0 Å². The Bertz CT molecular complexity index is 214. The van der Waals surface area contributed by atoms with Gasteiger partial charge in [0.1, 0.15) is 6.29 Å². The molecule has 1 unspecified atom stereocenters. The first-order valence-corrected chi connectivity index (χ1v) is 8.42. The van der Waals surface area contributed by atoms with Crippen LogP contribution in [0.25, 0.3) is 0 Å². The van der Waals surface area contributed by atoms with E-state index in [1.165, 1.54) is 38.5 Å². The topological polar surface area (TPSA) is 100 Å². The number of nitrogens with one attached hydrogen (secondary N) is 1. The van der Waals surface area contributed by atoms with Crippen molar-refractivity contribution in [1.82, 2.24) is 5.43 Å². The second kappa shape index (κ2) is 28.3. The maximum absolute atomic E-state index is 9.77. The molecule has 134 valence electrons. The van der Waals surface area contributed by atoms with Gasteiger partial charge in [-0.2, -0.15) is 10.2 Å². The summed E-state index contributed by atoms with van der Waals surface area (Å²) in [5.74, 6) is 4.60. The summed E-state index contributed by atoms with van der Waals surface area (Å²) in [7, 11) is 3.23. The van der Waals surface area contributed by atoms with E-state index >= 15 is 0 Å². The van der Waals surface area contributed by atoms with Crippen LogP contribution in [0.2, 0.25) is 0 Å². The molecular weight excluding hydrogens is 280 g/mol. The Morgan fingerprint density at radius 3 is 2.00 bits per heavy atom. The molecule has 0 spiro atoms. The molecule has 22 heavy (non-hydrogen) atoms. The average Bonchev–Trinajstić information content (AvgIpc) is 2.50. The van der Waals surface area contributed by atoms with Gasteiger partial charge in [-0.15, -0.1) is 0 Å². The number of carbonyl (C=O) groups excluding carboxylic acids is 1. The van der Waals surface area contributed by atoms with Crippen molar-refractivity contribution in [3.05, 3.63) is 0 Å². The Kier molecular flexibility index (Phi) is 33.6. The second-order valence-electron chi connectivity index (χ2n) is 4.95. The first kappa shape index (κ1) is 26.1. The van der Waals surface area contributed by atoms with E-state index in [9.17, 15) is 4.79 Å². The zero-order chi connectivity index (χ0) is 17.5. The number of nitrogens with zero attached hydrogens (tertiary/aromatic N) is 2. The molecule has 0 aromatic carbocycles. The van der Waals surface area contributed by atoms with Crippen molar-refractivity contribution in [2.75, 3.05) is 14.1 Å². The van der Waals surface area contributed by atoms with Crippen LogP contribution in [0.3, 0.4) is 0 Å². The molecule has 6 nitrogen and oxygen atoms in total. The highest BCUT2D eigenvalue weighted by Crippen LogP contribution is 2.05. The van der Waals surface area contributed by atoms with Crippen molar-refractivity contribution < 1.29 is 9.90 Å². The molecule has 6 heteroatoms. The van der Waals surface area contributed by atoms with E-state index in [2.05, 4.69) is 35.3 Å². The van der Waals surface area contributed by atoms with Crippen LogP contribution in [-0.4, -0.2) is 31.7 Å². The van der Waals surface area contributed by atoms with Crippen molar-refractivity contribution >= 4 is 6.29 Å². The van der Waals surface area contributed by atoms with Crippen LogP contribution in [0.15, 0.2) is 10.2 Å². The molecule has 0 aliphatic carbocycles. The van der Waals surface area contributed by atoms with Crippen LogP contribution in [0.4, 0.5) is 0 Å². The van der Waals surface area contributed by atoms with Crippen molar-refractivity contribution in [2.45, 2.75) is 84.3 Å². The van der Waals surface area contributed by atoms with Crippen molar-refractivity contribution in [1.29, 1.82) is 0 Å². The summed E-state index contributed by atoms with van der Waals surface area (Å²) in [5, 5.41) is 16.2. The lowest BCUT2D eigenvalue weighted by atomic mass is 10.1. The Hall–Kier alpha value is -0.850. The maximum atomic E-state index is 9.77. The highest BCUT2D eigenvalue weighted by molar-refractivity contribution is 5.48. The van der Waals surface area contributed by atoms with Gasteiger partial charge in [-0.25, -0.2) is 0 Å². The van der Waals surface area contributed by atoms with Gasteiger partial charge in [0, 0.05) is 13.5 Å². The molecule has 0 radical (unpaired) electrons. The number of hydrogen-bond donors (Lipinski definition) is 3. The van der Waals surface area contributed by atoms with Crippen LogP contribution in [0, 0.1) is 0 Å². The molecule has 0 aromatic heterocycles. The minimum absolute atomic E-state index is 0.572. The number of carbonyl (C=O) groups is 1. The molecule has 0 saturated carbocycles. The van der Waals surface area contributed by atoms with Gasteiger partial charge in [0.15, 0.2) is 6.23 Å². The summed E-state index contributed by atoms with van der Waals surface area (Å²) in [5.41, 5.74) is 2.25. The van der Waals surface area contributed by atoms with Crippen molar-refractivity contribution in [2.24, 2.45) is 16.1 Å². The fourth-order valence-corrected chi connectivity index (χ4v) is 1.60. The van der Waals surface area contributed by atoms with E-state index in [4.69, 9.17) is 5.11 Å². The van der Waals surface area contributed by atoms with Gasteiger partial charge in [-0.05, 0) is 26.3 Å². The molecule has 0 aliphatic rings. The summed E-state index contributed by atoms with van der Waals surface area (Å²) in [6.45, 7) is 4.34. The van der Waals surface area contributed by atoms with Gasteiger partial charge in [0.05, 0.1) is 0 Å². The molecule has 0 amide bonds. The number of aldehydes is 1. The SMILES string of the molecule is CCCCCCC(O)/N=N/C.CCCCCCC=O.CNN. The van der Waals surface area contributed by atoms with E-state index in [1.54, 1.807) is 14.1 Å². The fraction of sp³-hybridized carbons (Fsp3) is 0.938. The van der Waals surface area contributed by atoms with Crippen LogP contribution in [0.5, 0.6) is 0 Å². The third-order valence-corrected chi connectivity index (χ3v) is 2.74. The predicted octanol–water partition coefficient (Wildman–Crippen LogP) is 3.59. The Morgan fingerprint density at radius 1 is 1.09 bits per heavy atom. The smallest absolute Gasteiger partial charge is 0.165 e. The van der Waals surface area contributed by atoms with E-state index in [0.717, 1.165) is 32.0 Å². The number of aliphatic hydroxyl groups is 1. The highest BCUT2D eigenvalue weighted by atomic mass is 16.3. The minimum atomic E-state index is -0.572. The molecule has 0 saturated heterocycles. The quantitative estimate of drug-likeness (QED) is 0.178. The average molecular weight is 319 g/mol. The Labute approximate surface area is 136 Å². The fourth-order valence-electron chi connectivity index (χ4n) is 1.60. The zero-order valence-corrected chi connectivity index (χ0v) is 15.1. The summed E-state index contributed by atoms with van der Waals surface area (Å²) in [6, 6.07) is 0. The molecule has 0 rings (SSSR count). The van der Waals surface area contributed by atoms with Gasteiger partial charge in [0.2, 0.25) is 0 Å². The van der Waals surface area contributed by atoms with Crippen LogP contribution < -0.4 is 11.3 Å². The molecule has 0 aromatic rings. The molecular formula is C16H38N4O2. The summed E-state index contributed by atoms with van der Waals surface area (Å²) in [4.78, 5) is 9.77. The normalized spacial score (nSPS) is 11.2. The second-order valence-corrected chi connectivity index (χ2v) is 4.95. The van der Waals surface area contributed by atoms with Gasteiger partial charge in [-0.1, -0.05) is 52.4 Å². The third kappa shape index (κ3) is 36.5. The molecule has 0 fully saturated rings. The van der Waals surface area contributed by atoms with Crippen molar-refractivity contribution in [3.8, 4) is 0 Å². The summed E-state index contributed by atoms with van der Waals surface area (Å²) < 4.78 is 0. The Balaban J connectivity index is -0.000000288. The van der Waals surface area contributed by atoms with Crippen LogP contribution in [0.1, 0.15) is 78.1 Å². The minimum Gasteiger partial charge on any atom is -0.370 e. The number of nitrogens with two attached hydrogens (primary N) is 1. The van der Waals surface area contributed by atoms with Gasteiger partial charge in [-0.3, -0.25) is 11.3 Å². The van der Waals surface area contributed by atoms with Gasteiger partial charge in [0.25, 0.3) is 0 Å². The van der Waals surface area contributed by atoms with E-state index < -0.39 is 6.23 Å². The molecule has 0 bridgehead atoms.